The standard InChI is InChI=1S/C20H25ClN4O/c21-17-12-22-23-18(17)19(26)25-11-5-9-20(15-25)8-4-10-24(14-20)13-16-6-2-1-3-7-16/h1-3,6-7,12H,4-5,8-11,13-15H2,(H,22,23)/t20-/m1/s1. The molecule has 1 aromatic heterocycles. The lowest BCUT2D eigenvalue weighted by atomic mass is 9.73. The SMILES string of the molecule is O=C(c1[nH]ncc1Cl)N1CCC[C@@]2(CCCN(Cc3ccccc3)C2)C1. The minimum absolute atomic E-state index is 0.0215. The second kappa shape index (κ2) is 7.41. The molecule has 2 aliphatic rings. The molecule has 2 aromatic rings. The fraction of sp³-hybridized carbons (Fsp3) is 0.500. The molecule has 0 unspecified atom stereocenters. The number of nitrogens with one attached hydrogen (secondary N) is 1. The Kier molecular flexibility index (Phi) is 5.00. The van der Waals surface area contributed by atoms with Crippen molar-refractivity contribution >= 4 is 17.5 Å². The molecule has 1 atom stereocenters. The van der Waals surface area contributed by atoms with Crippen LogP contribution in [0.15, 0.2) is 36.5 Å². The fourth-order valence-electron chi connectivity index (χ4n) is 4.58. The normalized spacial score (nSPS) is 24.1. The summed E-state index contributed by atoms with van der Waals surface area (Å²) < 4.78 is 0. The van der Waals surface area contributed by atoms with Gasteiger partial charge in [0.05, 0.1) is 11.2 Å². The molecule has 2 aliphatic heterocycles. The molecule has 5 nitrogen and oxygen atoms in total. The number of benzene rings is 1. The van der Waals surface area contributed by atoms with Crippen LogP contribution in [0.1, 0.15) is 41.7 Å². The van der Waals surface area contributed by atoms with Crippen LogP contribution in [0, 0.1) is 5.41 Å². The molecular formula is C20H25ClN4O. The first-order valence-corrected chi connectivity index (χ1v) is 9.77. The quantitative estimate of drug-likeness (QED) is 0.895. The maximum absolute atomic E-state index is 12.8. The van der Waals surface area contributed by atoms with Gasteiger partial charge >= 0.3 is 0 Å². The molecule has 2 fully saturated rings. The van der Waals surface area contributed by atoms with E-state index >= 15 is 0 Å². The van der Waals surface area contributed by atoms with Gasteiger partial charge in [0.15, 0.2) is 0 Å². The average molecular weight is 373 g/mol. The van der Waals surface area contributed by atoms with Crippen LogP contribution in [0.5, 0.6) is 0 Å². The van der Waals surface area contributed by atoms with Crippen molar-refractivity contribution in [1.29, 1.82) is 0 Å². The number of likely N-dealkylation sites (tertiary alicyclic amines) is 2. The molecule has 1 spiro atoms. The van der Waals surface area contributed by atoms with E-state index in [0.29, 0.717) is 10.7 Å². The van der Waals surface area contributed by atoms with Gasteiger partial charge in [-0.05, 0) is 37.8 Å². The lowest BCUT2D eigenvalue weighted by molar-refractivity contribution is 0.0111. The molecule has 0 saturated carbocycles. The van der Waals surface area contributed by atoms with Gasteiger partial charge < -0.3 is 4.90 Å². The van der Waals surface area contributed by atoms with Crippen molar-refractivity contribution in [2.75, 3.05) is 26.2 Å². The summed E-state index contributed by atoms with van der Waals surface area (Å²) in [7, 11) is 0. The summed E-state index contributed by atoms with van der Waals surface area (Å²) in [6.07, 6.45) is 6.13. The average Bonchev–Trinajstić information content (AvgIpc) is 3.08. The maximum Gasteiger partial charge on any atom is 0.273 e. The van der Waals surface area contributed by atoms with E-state index in [2.05, 4.69) is 45.4 Å². The third kappa shape index (κ3) is 3.64. The molecule has 6 heteroatoms. The lowest BCUT2D eigenvalue weighted by Gasteiger charge is -2.48. The van der Waals surface area contributed by atoms with Crippen LogP contribution in [-0.2, 0) is 6.54 Å². The molecule has 1 amide bonds. The van der Waals surface area contributed by atoms with Crippen LogP contribution in [0.25, 0.3) is 0 Å². The molecule has 0 aliphatic carbocycles. The summed E-state index contributed by atoms with van der Waals surface area (Å²) in [5, 5.41) is 7.05. The second-order valence-corrected chi connectivity index (χ2v) is 8.13. The Morgan fingerprint density at radius 2 is 1.92 bits per heavy atom. The third-order valence-corrected chi connectivity index (χ3v) is 6.03. The Hall–Kier alpha value is -1.85. The van der Waals surface area contributed by atoms with Crippen molar-refractivity contribution in [3.63, 3.8) is 0 Å². The summed E-state index contributed by atoms with van der Waals surface area (Å²) in [6.45, 7) is 4.79. The first kappa shape index (κ1) is 17.6. The second-order valence-electron chi connectivity index (χ2n) is 7.72. The maximum atomic E-state index is 12.8. The number of hydrogen-bond donors (Lipinski definition) is 1. The van der Waals surface area contributed by atoms with Gasteiger partial charge in [0.25, 0.3) is 5.91 Å². The number of H-pyrrole nitrogens is 1. The number of aromatic nitrogens is 2. The molecule has 0 radical (unpaired) electrons. The van der Waals surface area contributed by atoms with Crippen LogP contribution in [0.4, 0.5) is 0 Å². The zero-order valence-corrected chi connectivity index (χ0v) is 15.7. The van der Waals surface area contributed by atoms with Crippen LogP contribution in [0.3, 0.4) is 0 Å². The van der Waals surface area contributed by atoms with Crippen LogP contribution in [0.2, 0.25) is 5.02 Å². The zero-order valence-electron chi connectivity index (χ0n) is 15.0. The Morgan fingerprint density at radius 1 is 1.15 bits per heavy atom. The number of halogens is 1. The highest BCUT2D eigenvalue weighted by atomic mass is 35.5. The molecule has 138 valence electrons. The number of aromatic amines is 1. The van der Waals surface area contributed by atoms with Gasteiger partial charge in [-0.15, -0.1) is 0 Å². The molecule has 0 bridgehead atoms. The van der Waals surface area contributed by atoms with Crippen molar-refractivity contribution in [1.82, 2.24) is 20.0 Å². The van der Waals surface area contributed by atoms with E-state index in [1.54, 1.807) is 0 Å². The molecule has 3 heterocycles. The van der Waals surface area contributed by atoms with Gasteiger partial charge in [0, 0.05) is 31.6 Å². The molecule has 2 saturated heterocycles. The summed E-state index contributed by atoms with van der Waals surface area (Å²) in [6, 6.07) is 10.7. The largest absolute Gasteiger partial charge is 0.337 e. The highest BCUT2D eigenvalue weighted by Gasteiger charge is 2.40. The third-order valence-electron chi connectivity index (χ3n) is 5.75. The predicted molar refractivity (Wildman–Crippen MR) is 102 cm³/mol. The summed E-state index contributed by atoms with van der Waals surface area (Å²) in [5.74, 6) is -0.0215. The van der Waals surface area contributed by atoms with E-state index in [1.807, 2.05) is 4.90 Å². The van der Waals surface area contributed by atoms with Crippen molar-refractivity contribution in [3.05, 3.63) is 52.8 Å². The van der Waals surface area contributed by atoms with Crippen LogP contribution < -0.4 is 0 Å². The van der Waals surface area contributed by atoms with Crippen molar-refractivity contribution in [3.8, 4) is 0 Å². The number of hydrogen-bond acceptors (Lipinski definition) is 3. The first-order chi connectivity index (χ1) is 12.7. The van der Waals surface area contributed by atoms with E-state index in [9.17, 15) is 4.79 Å². The number of piperidine rings is 2. The Labute approximate surface area is 159 Å². The fourth-order valence-corrected chi connectivity index (χ4v) is 4.75. The highest BCUT2D eigenvalue weighted by molar-refractivity contribution is 6.33. The van der Waals surface area contributed by atoms with Gasteiger partial charge in [-0.3, -0.25) is 14.8 Å². The summed E-state index contributed by atoms with van der Waals surface area (Å²) in [5.41, 5.74) is 1.98. The van der Waals surface area contributed by atoms with Crippen LogP contribution >= 0.6 is 11.6 Å². The van der Waals surface area contributed by atoms with Crippen molar-refractivity contribution < 1.29 is 4.79 Å². The number of carbonyl (C=O) groups excluding carboxylic acids is 1. The number of nitrogens with zero attached hydrogens (tertiary/aromatic N) is 3. The monoisotopic (exact) mass is 372 g/mol. The van der Waals surface area contributed by atoms with Gasteiger partial charge in [-0.2, -0.15) is 5.10 Å². The van der Waals surface area contributed by atoms with Crippen LogP contribution in [-0.4, -0.2) is 52.1 Å². The van der Waals surface area contributed by atoms with Gasteiger partial charge in [-0.25, -0.2) is 0 Å². The van der Waals surface area contributed by atoms with Crippen molar-refractivity contribution in [2.45, 2.75) is 32.2 Å². The Bertz CT molecular complexity index is 758. The molecule has 4 rings (SSSR count). The van der Waals surface area contributed by atoms with Gasteiger partial charge in [0.2, 0.25) is 0 Å². The highest BCUT2D eigenvalue weighted by Crippen LogP contribution is 2.39. The minimum atomic E-state index is -0.0215. The zero-order chi connectivity index (χ0) is 18.0. The van der Waals surface area contributed by atoms with E-state index < -0.39 is 0 Å². The topological polar surface area (TPSA) is 52.2 Å². The molecule has 1 aromatic carbocycles. The lowest BCUT2D eigenvalue weighted by Crippen LogP contribution is -2.53. The number of carbonyl (C=O) groups is 1. The number of amides is 1. The minimum Gasteiger partial charge on any atom is -0.337 e. The number of rotatable bonds is 3. The van der Waals surface area contributed by atoms with E-state index in [4.69, 9.17) is 11.6 Å². The van der Waals surface area contributed by atoms with E-state index in [-0.39, 0.29) is 11.3 Å². The Balaban J connectivity index is 1.45. The summed E-state index contributed by atoms with van der Waals surface area (Å²) >= 11 is 6.10. The van der Waals surface area contributed by atoms with E-state index in [0.717, 1.165) is 39.1 Å². The predicted octanol–water partition coefficient (Wildman–Crippen LogP) is 3.58. The molecular weight excluding hydrogens is 348 g/mol. The molecule has 26 heavy (non-hydrogen) atoms. The smallest absolute Gasteiger partial charge is 0.273 e. The van der Waals surface area contributed by atoms with Gasteiger partial charge in [-0.1, -0.05) is 41.9 Å². The van der Waals surface area contributed by atoms with E-state index in [1.165, 1.54) is 31.0 Å². The first-order valence-electron chi connectivity index (χ1n) is 9.40. The summed E-state index contributed by atoms with van der Waals surface area (Å²) in [4.78, 5) is 17.4. The molecule has 1 N–H and O–H groups in total. The Morgan fingerprint density at radius 3 is 2.65 bits per heavy atom. The van der Waals surface area contributed by atoms with Gasteiger partial charge in [0.1, 0.15) is 5.69 Å². The van der Waals surface area contributed by atoms with Crippen molar-refractivity contribution in [2.24, 2.45) is 5.41 Å².